The Hall–Kier alpha value is -1.49. The average molecular weight is 160 g/mol. The van der Waals surface area contributed by atoms with Crippen molar-refractivity contribution in [3.8, 4) is 6.07 Å². The van der Waals surface area contributed by atoms with E-state index in [0.717, 1.165) is 23.2 Å². The highest BCUT2D eigenvalue weighted by atomic mass is 14.6. The Balaban J connectivity index is 3.11. The van der Waals surface area contributed by atoms with Gasteiger partial charge in [-0.2, -0.15) is 5.26 Å². The highest BCUT2D eigenvalue weighted by Gasteiger charge is 2.02. The van der Waals surface area contributed by atoms with Gasteiger partial charge < -0.3 is 5.73 Å². The molecule has 0 saturated carbocycles. The van der Waals surface area contributed by atoms with Gasteiger partial charge in [0.1, 0.15) is 0 Å². The second kappa shape index (κ2) is 3.77. The second-order valence-electron chi connectivity index (χ2n) is 2.67. The molecule has 0 aliphatic carbocycles. The molecule has 0 spiro atoms. The Morgan fingerprint density at radius 1 is 1.50 bits per heavy atom. The number of hydrogen-bond donors (Lipinski definition) is 1. The molecule has 2 nitrogen and oxygen atoms in total. The fourth-order valence-corrected chi connectivity index (χ4v) is 1.34. The molecule has 12 heavy (non-hydrogen) atoms. The Labute approximate surface area is 72.6 Å². The van der Waals surface area contributed by atoms with Gasteiger partial charge >= 0.3 is 0 Å². The molecule has 62 valence electrons. The summed E-state index contributed by atoms with van der Waals surface area (Å²) in [5, 5.41) is 8.54. The maximum atomic E-state index is 8.54. The number of benzene rings is 1. The van der Waals surface area contributed by atoms with Crippen molar-refractivity contribution < 1.29 is 0 Å². The Kier molecular flexibility index (Phi) is 2.71. The van der Waals surface area contributed by atoms with Crippen LogP contribution in [0.3, 0.4) is 0 Å². The SMILES string of the molecule is CCc1c(N)cccc1CC#N. The Bertz CT molecular complexity index is 310. The lowest BCUT2D eigenvalue weighted by atomic mass is 10.0. The lowest BCUT2D eigenvalue weighted by Gasteiger charge is -2.06. The van der Waals surface area contributed by atoms with Crippen molar-refractivity contribution >= 4 is 5.69 Å². The molecule has 2 N–H and O–H groups in total. The van der Waals surface area contributed by atoms with Crippen molar-refractivity contribution in [3.05, 3.63) is 29.3 Å². The zero-order chi connectivity index (χ0) is 8.97. The Morgan fingerprint density at radius 2 is 2.25 bits per heavy atom. The van der Waals surface area contributed by atoms with E-state index in [0.29, 0.717) is 6.42 Å². The van der Waals surface area contributed by atoms with Gasteiger partial charge in [0, 0.05) is 5.69 Å². The average Bonchev–Trinajstić information content (AvgIpc) is 2.05. The van der Waals surface area contributed by atoms with Crippen LogP contribution in [0.15, 0.2) is 18.2 Å². The summed E-state index contributed by atoms with van der Waals surface area (Å²) in [6, 6.07) is 7.85. The van der Waals surface area contributed by atoms with E-state index >= 15 is 0 Å². The largest absolute Gasteiger partial charge is 0.398 e. The van der Waals surface area contributed by atoms with E-state index in [9.17, 15) is 0 Å². The first-order chi connectivity index (χ1) is 5.79. The maximum absolute atomic E-state index is 8.54. The molecule has 0 atom stereocenters. The first-order valence-corrected chi connectivity index (χ1v) is 4.02. The van der Waals surface area contributed by atoms with Gasteiger partial charge in [-0.3, -0.25) is 0 Å². The van der Waals surface area contributed by atoms with E-state index < -0.39 is 0 Å². The van der Waals surface area contributed by atoms with Crippen LogP contribution < -0.4 is 5.73 Å². The number of rotatable bonds is 2. The number of nitriles is 1. The van der Waals surface area contributed by atoms with Crippen LogP contribution in [0.1, 0.15) is 18.1 Å². The molecule has 2 heteroatoms. The van der Waals surface area contributed by atoms with E-state index in [4.69, 9.17) is 11.0 Å². The number of nitrogens with two attached hydrogens (primary N) is 1. The lowest BCUT2D eigenvalue weighted by Crippen LogP contribution is -1.97. The van der Waals surface area contributed by atoms with Gasteiger partial charge in [-0.05, 0) is 23.6 Å². The normalized spacial score (nSPS) is 9.33. The van der Waals surface area contributed by atoms with Crippen LogP contribution >= 0.6 is 0 Å². The molecule has 0 aliphatic heterocycles. The van der Waals surface area contributed by atoms with E-state index in [1.807, 2.05) is 25.1 Å². The topological polar surface area (TPSA) is 49.8 Å². The zero-order valence-corrected chi connectivity index (χ0v) is 7.17. The molecule has 0 unspecified atom stereocenters. The summed E-state index contributed by atoms with van der Waals surface area (Å²) in [5.41, 5.74) is 8.72. The van der Waals surface area contributed by atoms with Gasteiger partial charge in [-0.15, -0.1) is 0 Å². The highest BCUT2D eigenvalue weighted by Crippen LogP contribution is 2.17. The molecule has 0 radical (unpaired) electrons. The zero-order valence-electron chi connectivity index (χ0n) is 7.17. The van der Waals surface area contributed by atoms with Gasteiger partial charge in [0.2, 0.25) is 0 Å². The van der Waals surface area contributed by atoms with Gasteiger partial charge in [0.05, 0.1) is 12.5 Å². The smallest absolute Gasteiger partial charge is 0.0669 e. The van der Waals surface area contributed by atoms with Gasteiger partial charge in [0.25, 0.3) is 0 Å². The van der Waals surface area contributed by atoms with Crippen molar-refractivity contribution in [2.45, 2.75) is 19.8 Å². The standard InChI is InChI=1S/C10H12N2/c1-2-9-8(6-7-11)4-3-5-10(9)12/h3-5H,2,6,12H2,1H3. The number of hydrogen-bond acceptors (Lipinski definition) is 2. The molecule has 0 fully saturated rings. The van der Waals surface area contributed by atoms with Crippen molar-refractivity contribution in [1.29, 1.82) is 5.26 Å². The van der Waals surface area contributed by atoms with Crippen LogP contribution in [-0.4, -0.2) is 0 Å². The summed E-state index contributed by atoms with van der Waals surface area (Å²) in [6.45, 7) is 2.05. The third-order valence-corrected chi connectivity index (χ3v) is 1.93. The predicted molar refractivity (Wildman–Crippen MR) is 49.5 cm³/mol. The van der Waals surface area contributed by atoms with Gasteiger partial charge in [0.15, 0.2) is 0 Å². The summed E-state index contributed by atoms with van der Waals surface area (Å²) in [6.07, 6.45) is 1.35. The molecular weight excluding hydrogens is 148 g/mol. The minimum atomic E-state index is 0.453. The quantitative estimate of drug-likeness (QED) is 0.672. The van der Waals surface area contributed by atoms with Crippen LogP contribution in [0.2, 0.25) is 0 Å². The molecule has 0 aliphatic rings. The van der Waals surface area contributed by atoms with E-state index in [-0.39, 0.29) is 0 Å². The number of nitrogen functional groups attached to an aromatic ring is 1. The lowest BCUT2D eigenvalue weighted by molar-refractivity contribution is 1.09. The van der Waals surface area contributed by atoms with E-state index in [1.165, 1.54) is 0 Å². The van der Waals surface area contributed by atoms with Crippen LogP contribution in [-0.2, 0) is 12.8 Å². The molecule has 1 aromatic carbocycles. The number of anilines is 1. The summed E-state index contributed by atoms with van der Waals surface area (Å²) in [4.78, 5) is 0. The van der Waals surface area contributed by atoms with Crippen molar-refractivity contribution in [2.75, 3.05) is 5.73 Å². The van der Waals surface area contributed by atoms with Crippen molar-refractivity contribution in [2.24, 2.45) is 0 Å². The summed E-state index contributed by atoms with van der Waals surface area (Å²) in [7, 11) is 0. The molecule has 0 aromatic heterocycles. The number of nitrogens with zero attached hydrogens (tertiary/aromatic N) is 1. The van der Waals surface area contributed by atoms with E-state index in [2.05, 4.69) is 6.07 Å². The summed E-state index contributed by atoms with van der Waals surface area (Å²) >= 11 is 0. The van der Waals surface area contributed by atoms with Gasteiger partial charge in [-0.25, -0.2) is 0 Å². The van der Waals surface area contributed by atoms with Gasteiger partial charge in [-0.1, -0.05) is 19.1 Å². The fourth-order valence-electron chi connectivity index (χ4n) is 1.34. The monoisotopic (exact) mass is 160 g/mol. The minimum absolute atomic E-state index is 0.453. The second-order valence-corrected chi connectivity index (χ2v) is 2.67. The maximum Gasteiger partial charge on any atom is 0.0669 e. The van der Waals surface area contributed by atoms with Crippen LogP contribution in [0.4, 0.5) is 5.69 Å². The van der Waals surface area contributed by atoms with Crippen LogP contribution in [0, 0.1) is 11.3 Å². The molecular formula is C10H12N2. The van der Waals surface area contributed by atoms with Crippen LogP contribution in [0.5, 0.6) is 0 Å². The van der Waals surface area contributed by atoms with E-state index in [1.54, 1.807) is 0 Å². The first-order valence-electron chi connectivity index (χ1n) is 4.02. The Morgan fingerprint density at radius 3 is 2.83 bits per heavy atom. The fraction of sp³-hybridized carbons (Fsp3) is 0.300. The molecule has 0 amide bonds. The third-order valence-electron chi connectivity index (χ3n) is 1.93. The molecule has 1 aromatic rings. The predicted octanol–water partition coefficient (Wildman–Crippen LogP) is 1.90. The van der Waals surface area contributed by atoms with Crippen molar-refractivity contribution in [3.63, 3.8) is 0 Å². The minimum Gasteiger partial charge on any atom is -0.398 e. The molecule has 0 heterocycles. The summed E-state index contributed by atoms with van der Waals surface area (Å²) in [5.74, 6) is 0. The molecule has 1 rings (SSSR count). The molecule has 0 bridgehead atoms. The third kappa shape index (κ3) is 1.57. The van der Waals surface area contributed by atoms with Crippen molar-refractivity contribution in [1.82, 2.24) is 0 Å². The molecule has 0 saturated heterocycles. The summed E-state index contributed by atoms with van der Waals surface area (Å²) < 4.78 is 0. The first kappa shape index (κ1) is 8.61. The van der Waals surface area contributed by atoms with Crippen LogP contribution in [0.25, 0.3) is 0 Å². The highest BCUT2D eigenvalue weighted by molar-refractivity contribution is 5.51.